The minimum Gasteiger partial charge on any atom is -0.337 e. The van der Waals surface area contributed by atoms with Crippen molar-refractivity contribution in [2.45, 2.75) is 47.1 Å². The van der Waals surface area contributed by atoms with Crippen molar-refractivity contribution in [2.75, 3.05) is 39.3 Å². The molecule has 0 bridgehead atoms. The molecule has 1 aromatic rings. The zero-order valence-corrected chi connectivity index (χ0v) is 19.3. The van der Waals surface area contributed by atoms with E-state index in [0.29, 0.717) is 44.4 Å². The Bertz CT molecular complexity index is 825. The van der Waals surface area contributed by atoms with Crippen molar-refractivity contribution in [3.8, 4) is 0 Å². The number of rotatable bonds is 9. The van der Waals surface area contributed by atoms with Crippen molar-refractivity contribution in [1.82, 2.24) is 23.3 Å². The van der Waals surface area contributed by atoms with E-state index in [0.717, 1.165) is 30.6 Å². The van der Waals surface area contributed by atoms with E-state index in [2.05, 4.69) is 12.0 Å². The standard InChI is InChI=1S/C19H32ClN5O3S/c1-5-8-11-25-19(20)17(16(4)21-25)9-10-18(26)22-12-14-24(15-13-22)29(27,28)23(6-2)7-3/h9-10H,5-8,11-15H2,1-4H3. The summed E-state index contributed by atoms with van der Waals surface area (Å²) < 4.78 is 29.8. The van der Waals surface area contributed by atoms with Gasteiger partial charge in [0.2, 0.25) is 5.91 Å². The quantitative estimate of drug-likeness (QED) is 0.546. The molecule has 164 valence electrons. The zero-order valence-electron chi connectivity index (χ0n) is 17.8. The lowest BCUT2D eigenvalue weighted by Crippen LogP contribution is -2.53. The van der Waals surface area contributed by atoms with Crippen molar-refractivity contribution in [3.63, 3.8) is 0 Å². The highest BCUT2D eigenvalue weighted by molar-refractivity contribution is 7.86. The lowest BCUT2D eigenvalue weighted by molar-refractivity contribution is -0.127. The lowest BCUT2D eigenvalue weighted by Gasteiger charge is -2.35. The second-order valence-corrected chi connectivity index (χ2v) is 9.30. The number of hydrogen-bond donors (Lipinski definition) is 0. The summed E-state index contributed by atoms with van der Waals surface area (Å²) >= 11 is 6.41. The van der Waals surface area contributed by atoms with Gasteiger partial charge in [0, 0.05) is 57.5 Å². The molecule has 0 aromatic carbocycles. The van der Waals surface area contributed by atoms with Crippen LogP contribution in [0.1, 0.15) is 44.9 Å². The Morgan fingerprint density at radius 1 is 1.17 bits per heavy atom. The van der Waals surface area contributed by atoms with E-state index in [1.54, 1.807) is 15.7 Å². The first-order chi connectivity index (χ1) is 13.8. The van der Waals surface area contributed by atoms with Gasteiger partial charge in [-0.2, -0.15) is 22.1 Å². The highest BCUT2D eigenvalue weighted by atomic mass is 35.5. The first-order valence-electron chi connectivity index (χ1n) is 10.2. The van der Waals surface area contributed by atoms with Crippen molar-refractivity contribution >= 4 is 33.8 Å². The SMILES string of the molecule is CCCCn1nc(C)c(C=CC(=O)N2CCN(S(=O)(=O)N(CC)CC)CC2)c1Cl. The average Bonchev–Trinajstić information content (AvgIpc) is 2.98. The van der Waals surface area contributed by atoms with E-state index in [-0.39, 0.29) is 5.91 Å². The summed E-state index contributed by atoms with van der Waals surface area (Å²) in [5.41, 5.74) is 1.53. The summed E-state index contributed by atoms with van der Waals surface area (Å²) in [6, 6.07) is 0. The highest BCUT2D eigenvalue weighted by Gasteiger charge is 2.31. The number of unbranched alkanes of at least 4 members (excludes halogenated alkanes) is 1. The number of hydrogen-bond acceptors (Lipinski definition) is 4. The van der Waals surface area contributed by atoms with Gasteiger partial charge in [0.15, 0.2) is 0 Å². The van der Waals surface area contributed by atoms with Gasteiger partial charge in [-0.05, 0) is 19.4 Å². The Balaban J connectivity index is 1.99. The number of carbonyl (C=O) groups excluding carboxylic acids is 1. The average molecular weight is 446 g/mol. The van der Waals surface area contributed by atoms with Crippen LogP contribution in [0, 0.1) is 6.92 Å². The Kier molecular flexibility index (Phi) is 8.69. The molecule has 1 aliphatic heterocycles. The maximum Gasteiger partial charge on any atom is 0.282 e. The van der Waals surface area contributed by atoms with Crippen LogP contribution in [-0.4, -0.2) is 76.9 Å². The first-order valence-corrected chi connectivity index (χ1v) is 12.0. The van der Waals surface area contributed by atoms with Gasteiger partial charge in [-0.15, -0.1) is 0 Å². The fourth-order valence-corrected chi connectivity index (χ4v) is 5.25. The molecular formula is C19H32ClN5O3S. The summed E-state index contributed by atoms with van der Waals surface area (Å²) in [7, 11) is -3.46. The third-order valence-corrected chi connectivity index (χ3v) is 7.72. The topological polar surface area (TPSA) is 78.8 Å². The molecule has 0 spiro atoms. The van der Waals surface area contributed by atoms with Gasteiger partial charge in [-0.25, -0.2) is 0 Å². The molecule has 1 fully saturated rings. The summed E-state index contributed by atoms with van der Waals surface area (Å²) in [6.07, 6.45) is 5.24. The molecule has 1 amide bonds. The third-order valence-electron chi connectivity index (χ3n) is 5.13. The molecule has 2 heterocycles. The fourth-order valence-electron chi connectivity index (χ4n) is 3.32. The van der Waals surface area contributed by atoms with E-state index < -0.39 is 10.2 Å². The van der Waals surface area contributed by atoms with Gasteiger partial charge in [0.05, 0.1) is 5.69 Å². The van der Waals surface area contributed by atoms with Gasteiger partial charge in [0.1, 0.15) is 5.15 Å². The van der Waals surface area contributed by atoms with Gasteiger partial charge in [0.25, 0.3) is 10.2 Å². The predicted molar refractivity (Wildman–Crippen MR) is 116 cm³/mol. The molecule has 8 nitrogen and oxygen atoms in total. The van der Waals surface area contributed by atoms with Crippen molar-refractivity contribution in [1.29, 1.82) is 0 Å². The van der Waals surface area contributed by atoms with E-state index in [4.69, 9.17) is 11.6 Å². The van der Waals surface area contributed by atoms with Crippen LogP contribution in [0.2, 0.25) is 5.15 Å². The van der Waals surface area contributed by atoms with E-state index in [9.17, 15) is 13.2 Å². The lowest BCUT2D eigenvalue weighted by atomic mass is 10.2. The molecule has 0 radical (unpaired) electrons. The molecular weight excluding hydrogens is 414 g/mol. The predicted octanol–water partition coefficient (Wildman–Crippen LogP) is 2.39. The van der Waals surface area contributed by atoms with E-state index in [1.807, 2.05) is 20.8 Å². The minimum atomic E-state index is -3.46. The Morgan fingerprint density at radius 3 is 2.34 bits per heavy atom. The smallest absolute Gasteiger partial charge is 0.282 e. The van der Waals surface area contributed by atoms with Crippen LogP contribution in [0.4, 0.5) is 0 Å². The van der Waals surface area contributed by atoms with Crippen molar-refractivity contribution in [2.24, 2.45) is 0 Å². The second kappa shape index (κ2) is 10.6. The molecule has 0 saturated carbocycles. The number of amides is 1. The summed E-state index contributed by atoms with van der Waals surface area (Å²) in [6.45, 7) is 10.6. The largest absolute Gasteiger partial charge is 0.337 e. The Labute approximate surface area is 179 Å². The molecule has 1 aliphatic rings. The Hall–Kier alpha value is -1.42. The summed E-state index contributed by atoms with van der Waals surface area (Å²) in [5.74, 6) is -0.151. The molecule has 1 saturated heterocycles. The van der Waals surface area contributed by atoms with E-state index in [1.165, 1.54) is 14.7 Å². The third kappa shape index (κ3) is 5.59. The van der Waals surface area contributed by atoms with Gasteiger partial charge in [-0.1, -0.05) is 38.8 Å². The number of piperazine rings is 1. The van der Waals surface area contributed by atoms with Crippen LogP contribution < -0.4 is 0 Å². The molecule has 0 atom stereocenters. The maximum absolute atomic E-state index is 12.6. The number of aryl methyl sites for hydroxylation is 2. The number of nitrogens with zero attached hydrogens (tertiary/aromatic N) is 5. The van der Waals surface area contributed by atoms with Crippen LogP contribution in [0.15, 0.2) is 6.08 Å². The number of aromatic nitrogens is 2. The minimum absolute atomic E-state index is 0.151. The van der Waals surface area contributed by atoms with Gasteiger partial charge >= 0.3 is 0 Å². The molecule has 0 aliphatic carbocycles. The zero-order chi connectivity index (χ0) is 21.6. The van der Waals surface area contributed by atoms with Gasteiger partial charge in [-0.3, -0.25) is 9.48 Å². The monoisotopic (exact) mass is 445 g/mol. The first kappa shape index (κ1) is 23.9. The van der Waals surface area contributed by atoms with Gasteiger partial charge < -0.3 is 4.90 Å². The normalized spacial score (nSPS) is 16.3. The second-order valence-electron chi connectivity index (χ2n) is 7.02. The molecule has 0 unspecified atom stereocenters. The highest BCUT2D eigenvalue weighted by Crippen LogP contribution is 2.22. The maximum atomic E-state index is 12.6. The van der Waals surface area contributed by atoms with Crippen LogP contribution >= 0.6 is 11.6 Å². The molecule has 29 heavy (non-hydrogen) atoms. The van der Waals surface area contributed by atoms with Crippen molar-refractivity contribution < 1.29 is 13.2 Å². The van der Waals surface area contributed by atoms with Crippen molar-refractivity contribution in [3.05, 3.63) is 22.5 Å². The Morgan fingerprint density at radius 2 is 1.79 bits per heavy atom. The number of halogens is 1. The van der Waals surface area contributed by atoms with Crippen LogP contribution in [0.25, 0.3) is 6.08 Å². The molecule has 2 rings (SSSR count). The van der Waals surface area contributed by atoms with E-state index >= 15 is 0 Å². The fraction of sp³-hybridized carbons (Fsp3) is 0.684. The molecule has 1 aromatic heterocycles. The number of carbonyl (C=O) groups is 1. The summed E-state index contributed by atoms with van der Waals surface area (Å²) in [5, 5.41) is 4.98. The summed E-state index contributed by atoms with van der Waals surface area (Å²) in [4.78, 5) is 14.2. The van der Waals surface area contributed by atoms with Crippen LogP contribution in [-0.2, 0) is 21.5 Å². The van der Waals surface area contributed by atoms with Crippen LogP contribution in [0.5, 0.6) is 0 Å². The van der Waals surface area contributed by atoms with Crippen LogP contribution in [0.3, 0.4) is 0 Å². The molecule has 10 heteroatoms. The molecule has 0 N–H and O–H groups in total.